The average molecular weight is 289 g/mol. The summed E-state index contributed by atoms with van der Waals surface area (Å²) in [6, 6.07) is 6.32. The molecule has 0 spiro atoms. The molecule has 0 aliphatic heterocycles. The van der Waals surface area contributed by atoms with E-state index in [-0.39, 0.29) is 30.0 Å². The van der Waals surface area contributed by atoms with Crippen LogP contribution in [0.2, 0.25) is 0 Å². The normalized spacial score (nSPS) is 30.3. The van der Waals surface area contributed by atoms with Crippen molar-refractivity contribution in [1.29, 1.82) is 0 Å². The number of carboxylic acid groups (broad SMARTS) is 1. The summed E-state index contributed by atoms with van der Waals surface area (Å²) in [7, 11) is 0. The Labute approximate surface area is 123 Å². The van der Waals surface area contributed by atoms with Crippen molar-refractivity contribution in [3.63, 3.8) is 0 Å². The highest BCUT2D eigenvalue weighted by molar-refractivity contribution is 5.80. The Morgan fingerprint density at radius 3 is 2.71 bits per heavy atom. The molecule has 2 saturated carbocycles. The van der Waals surface area contributed by atoms with Gasteiger partial charge in [-0.3, -0.25) is 9.59 Å². The first-order chi connectivity index (χ1) is 10.0. The number of rotatable bonds is 4. The van der Waals surface area contributed by atoms with Crippen LogP contribution in [0.15, 0.2) is 24.3 Å². The zero-order chi connectivity index (χ0) is 15.0. The van der Waals surface area contributed by atoms with Crippen LogP contribution >= 0.6 is 0 Å². The molecule has 1 aromatic rings. The highest BCUT2D eigenvalue weighted by Gasteiger charge is 2.51. The van der Waals surface area contributed by atoms with Crippen LogP contribution in [0.5, 0.6) is 5.75 Å². The number of aliphatic carboxylic acids is 1. The van der Waals surface area contributed by atoms with E-state index in [1.54, 1.807) is 24.3 Å². The standard InChI is InChI=1S/C16H19NO4/c18-12-3-1-2-9(6-12)7-13(19)17-15-11-5-4-10(8-11)14(15)16(20)21/h1-3,6,10-11,14-15,18H,4-5,7-8H2,(H,17,19)(H,20,21). The number of phenolic OH excluding ortho intramolecular Hbond substituents is 1. The van der Waals surface area contributed by atoms with Crippen molar-refractivity contribution in [2.24, 2.45) is 17.8 Å². The Morgan fingerprint density at radius 1 is 1.24 bits per heavy atom. The molecule has 5 heteroatoms. The van der Waals surface area contributed by atoms with E-state index in [1.807, 2.05) is 0 Å². The molecule has 0 radical (unpaired) electrons. The van der Waals surface area contributed by atoms with E-state index >= 15 is 0 Å². The van der Waals surface area contributed by atoms with E-state index in [0.717, 1.165) is 24.8 Å². The number of carboxylic acids is 1. The van der Waals surface area contributed by atoms with Crippen molar-refractivity contribution >= 4 is 11.9 Å². The maximum absolute atomic E-state index is 12.1. The fraction of sp³-hybridized carbons (Fsp3) is 0.500. The summed E-state index contributed by atoms with van der Waals surface area (Å²) in [6.07, 6.45) is 3.04. The number of aromatic hydroxyl groups is 1. The maximum Gasteiger partial charge on any atom is 0.308 e. The molecular weight excluding hydrogens is 270 g/mol. The minimum Gasteiger partial charge on any atom is -0.508 e. The van der Waals surface area contributed by atoms with Crippen LogP contribution in [-0.2, 0) is 16.0 Å². The number of amides is 1. The van der Waals surface area contributed by atoms with Gasteiger partial charge in [-0.2, -0.15) is 0 Å². The molecule has 0 saturated heterocycles. The molecule has 4 unspecified atom stereocenters. The number of benzene rings is 1. The average Bonchev–Trinajstić information content (AvgIpc) is 2.99. The first kappa shape index (κ1) is 13.9. The van der Waals surface area contributed by atoms with Gasteiger partial charge in [-0.1, -0.05) is 12.1 Å². The molecule has 112 valence electrons. The largest absolute Gasteiger partial charge is 0.508 e. The quantitative estimate of drug-likeness (QED) is 0.785. The van der Waals surface area contributed by atoms with E-state index in [2.05, 4.69) is 5.32 Å². The molecule has 2 fully saturated rings. The topological polar surface area (TPSA) is 86.6 Å². The van der Waals surface area contributed by atoms with Gasteiger partial charge in [0.15, 0.2) is 0 Å². The van der Waals surface area contributed by atoms with Gasteiger partial charge in [-0.05, 0) is 48.8 Å². The van der Waals surface area contributed by atoms with Crippen LogP contribution in [-0.4, -0.2) is 28.1 Å². The van der Waals surface area contributed by atoms with Gasteiger partial charge in [-0.25, -0.2) is 0 Å². The molecule has 0 aromatic heterocycles. The van der Waals surface area contributed by atoms with Crippen LogP contribution in [0.4, 0.5) is 0 Å². The number of carbonyl (C=O) groups is 2. The number of fused-ring (bicyclic) bond motifs is 2. The lowest BCUT2D eigenvalue weighted by atomic mass is 9.84. The van der Waals surface area contributed by atoms with Crippen LogP contribution in [0.1, 0.15) is 24.8 Å². The van der Waals surface area contributed by atoms with Gasteiger partial charge in [0.05, 0.1) is 12.3 Å². The highest BCUT2D eigenvalue weighted by atomic mass is 16.4. The Balaban J connectivity index is 1.65. The Bertz CT molecular complexity index is 571. The van der Waals surface area contributed by atoms with Gasteiger partial charge >= 0.3 is 5.97 Å². The first-order valence-electron chi connectivity index (χ1n) is 7.34. The predicted octanol–water partition coefficient (Wildman–Crippen LogP) is 1.55. The maximum atomic E-state index is 12.1. The number of carbonyl (C=O) groups excluding carboxylic acids is 1. The van der Waals surface area contributed by atoms with Gasteiger partial charge < -0.3 is 15.5 Å². The molecule has 2 aliphatic carbocycles. The van der Waals surface area contributed by atoms with Gasteiger partial charge in [0.2, 0.25) is 5.91 Å². The fourth-order valence-corrected chi connectivity index (χ4v) is 3.94. The van der Waals surface area contributed by atoms with E-state index in [1.165, 1.54) is 0 Å². The molecule has 1 aromatic carbocycles. The van der Waals surface area contributed by atoms with Crippen molar-refractivity contribution in [2.45, 2.75) is 31.7 Å². The van der Waals surface area contributed by atoms with Crippen molar-refractivity contribution in [3.05, 3.63) is 29.8 Å². The van der Waals surface area contributed by atoms with E-state index in [0.29, 0.717) is 5.92 Å². The van der Waals surface area contributed by atoms with Crippen molar-refractivity contribution < 1.29 is 19.8 Å². The summed E-state index contributed by atoms with van der Waals surface area (Å²) in [5.74, 6) is -0.794. The SMILES string of the molecule is O=C(Cc1cccc(O)c1)NC1C2CCC(C2)C1C(=O)O. The van der Waals surface area contributed by atoms with Crippen molar-refractivity contribution in [1.82, 2.24) is 5.32 Å². The summed E-state index contributed by atoms with van der Waals surface area (Å²) in [4.78, 5) is 23.5. The zero-order valence-electron chi connectivity index (χ0n) is 11.7. The smallest absolute Gasteiger partial charge is 0.308 e. The second-order valence-corrected chi connectivity index (χ2v) is 6.14. The van der Waals surface area contributed by atoms with E-state index in [4.69, 9.17) is 0 Å². The third-order valence-corrected chi connectivity index (χ3v) is 4.80. The number of hydrogen-bond donors (Lipinski definition) is 3. The second kappa shape index (κ2) is 5.39. The molecule has 3 N–H and O–H groups in total. The Hall–Kier alpha value is -2.04. The monoisotopic (exact) mass is 289 g/mol. The molecule has 2 aliphatic rings. The molecule has 0 heterocycles. The van der Waals surface area contributed by atoms with Crippen molar-refractivity contribution in [2.75, 3.05) is 0 Å². The summed E-state index contributed by atoms with van der Waals surface area (Å²) < 4.78 is 0. The van der Waals surface area contributed by atoms with E-state index in [9.17, 15) is 19.8 Å². The summed E-state index contributed by atoms with van der Waals surface area (Å²) >= 11 is 0. The third-order valence-electron chi connectivity index (χ3n) is 4.80. The molecule has 3 rings (SSSR count). The van der Waals surface area contributed by atoms with Crippen LogP contribution in [0.25, 0.3) is 0 Å². The Kier molecular flexibility index (Phi) is 3.57. The first-order valence-corrected chi connectivity index (χ1v) is 7.34. The predicted molar refractivity (Wildman–Crippen MR) is 75.7 cm³/mol. The summed E-state index contributed by atoms with van der Waals surface area (Å²) in [6.45, 7) is 0. The minimum absolute atomic E-state index is 0.128. The van der Waals surface area contributed by atoms with Gasteiger partial charge in [0.25, 0.3) is 0 Å². The molecule has 21 heavy (non-hydrogen) atoms. The second-order valence-electron chi connectivity index (χ2n) is 6.14. The lowest BCUT2D eigenvalue weighted by Crippen LogP contribution is -2.47. The lowest BCUT2D eigenvalue weighted by Gasteiger charge is -2.28. The van der Waals surface area contributed by atoms with E-state index < -0.39 is 11.9 Å². The molecule has 2 bridgehead atoms. The third kappa shape index (κ3) is 2.73. The molecule has 1 amide bonds. The number of phenols is 1. The lowest BCUT2D eigenvalue weighted by molar-refractivity contribution is -0.144. The summed E-state index contributed by atoms with van der Waals surface area (Å²) in [5, 5.41) is 21.7. The molecular formula is C16H19NO4. The summed E-state index contributed by atoms with van der Waals surface area (Å²) in [5.41, 5.74) is 0.725. The van der Waals surface area contributed by atoms with Crippen LogP contribution in [0.3, 0.4) is 0 Å². The van der Waals surface area contributed by atoms with Crippen LogP contribution < -0.4 is 5.32 Å². The zero-order valence-corrected chi connectivity index (χ0v) is 11.7. The van der Waals surface area contributed by atoms with Gasteiger partial charge in [0.1, 0.15) is 5.75 Å². The van der Waals surface area contributed by atoms with Gasteiger partial charge in [0, 0.05) is 6.04 Å². The Morgan fingerprint density at radius 2 is 2.00 bits per heavy atom. The van der Waals surface area contributed by atoms with Crippen molar-refractivity contribution in [3.8, 4) is 5.75 Å². The molecule has 4 atom stereocenters. The van der Waals surface area contributed by atoms with Crippen LogP contribution in [0, 0.1) is 17.8 Å². The van der Waals surface area contributed by atoms with Gasteiger partial charge in [-0.15, -0.1) is 0 Å². The fourth-order valence-electron chi connectivity index (χ4n) is 3.94. The highest BCUT2D eigenvalue weighted by Crippen LogP contribution is 2.48. The number of hydrogen-bond acceptors (Lipinski definition) is 3. The number of nitrogens with one attached hydrogen (secondary N) is 1. The minimum atomic E-state index is -0.801. The molecule has 5 nitrogen and oxygen atoms in total.